The fraction of sp³-hybridized carbons (Fsp3) is 0.158. The Hall–Kier alpha value is -1.41. The standard InChI is InChI=1S/C19H15Cl3O/c1-23-14-8-5-12(6-9-14)15-3-2-4-16(19(15)22)13-7-10-17(20)18(21)11-13/h4-11H,2-3H2,1H3. The van der Waals surface area contributed by atoms with Gasteiger partial charge in [-0.1, -0.05) is 59.1 Å². The highest BCUT2D eigenvalue weighted by molar-refractivity contribution is 6.43. The maximum atomic E-state index is 6.69. The van der Waals surface area contributed by atoms with Crippen molar-refractivity contribution in [1.29, 1.82) is 0 Å². The van der Waals surface area contributed by atoms with E-state index >= 15 is 0 Å². The molecule has 0 bridgehead atoms. The van der Waals surface area contributed by atoms with E-state index in [1.54, 1.807) is 13.2 Å². The molecule has 23 heavy (non-hydrogen) atoms. The Labute approximate surface area is 151 Å². The Balaban J connectivity index is 2.00. The highest BCUT2D eigenvalue weighted by Crippen LogP contribution is 2.41. The maximum Gasteiger partial charge on any atom is 0.118 e. The van der Waals surface area contributed by atoms with Crippen molar-refractivity contribution in [2.45, 2.75) is 12.8 Å². The molecule has 3 rings (SSSR count). The maximum absolute atomic E-state index is 6.69. The second kappa shape index (κ2) is 7.00. The molecule has 0 fully saturated rings. The molecule has 1 nitrogen and oxygen atoms in total. The summed E-state index contributed by atoms with van der Waals surface area (Å²) in [6, 6.07) is 13.6. The van der Waals surface area contributed by atoms with E-state index in [1.165, 1.54) is 0 Å². The molecule has 0 atom stereocenters. The van der Waals surface area contributed by atoms with Gasteiger partial charge in [0.25, 0.3) is 0 Å². The first-order valence-electron chi connectivity index (χ1n) is 7.29. The van der Waals surface area contributed by atoms with E-state index in [2.05, 4.69) is 6.08 Å². The molecule has 0 N–H and O–H groups in total. The van der Waals surface area contributed by atoms with E-state index in [1.807, 2.05) is 36.4 Å². The summed E-state index contributed by atoms with van der Waals surface area (Å²) < 4.78 is 5.21. The number of hydrogen-bond acceptors (Lipinski definition) is 1. The molecule has 0 radical (unpaired) electrons. The van der Waals surface area contributed by atoms with Crippen LogP contribution in [0.4, 0.5) is 0 Å². The Morgan fingerprint density at radius 2 is 1.57 bits per heavy atom. The van der Waals surface area contributed by atoms with Crippen molar-refractivity contribution in [1.82, 2.24) is 0 Å². The number of hydrogen-bond donors (Lipinski definition) is 0. The fourth-order valence-electron chi connectivity index (χ4n) is 2.69. The summed E-state index contributed by atoms with van der Waals surface area (Å²) in [4.78, 5) is 0. The Bertz CT molecular complexity index is 789. The minimum absolute atomic E-state index is 0.533. The van der Waals surface area contributed by atoms with Gasteiger partial charge in [0.05, 0.1) is 22.2 Å². The van der Waals surface area contributed by atoms with Crippen LogP contribution in [0.2, 0.25) is 10.0 Å². The van der Waals surface area contributed by atoms with Gasteiger partial charge in [-0.15, -0.1) is 0 Å². The first-order chi connectivity index (χ1) is 11.1. The van der Waals surface area contributed by atoms with Crippen LogP contribution in [0.1, 0.15) is 24.0 Å². The van der Waals surface area contributed by atoms with Gasteiger partial charge in [-0.3, -0.25) is 0 Å². The van der Waals surface area contributed by atoms with Gasteiger partial charge in [-0.05, 0) is 59.4 Å². The molecular formula is C19H15Cl3O. The van der Waals surface area contributed by atoms with Crippen LogP contribution >= 0.6 is 34.8 Å². The van der Waals surface area contributed by atoms with Gasteiger partial charge in [0.15, 0.2) is 0 Å². The van der Waals surface area contributed by atoms with Gasteiger partial charge in [-0.2, -0.15) is 0 Å². The average Bonchev–Trinajstić information content (AvgIpc) is 2.58. The summed E-state index contributed by atoms with van der Waals surface area (Å²) in [6.07, 6.45) is 4.00. The highest BCUT2D eigenvalue weighted by atomic mass is 35.5. The van der Waals surface area contributed by atoms with Crippen molar-refractivity contribution in [3.8, 4) is 5.75 Å². The summed E-state index contributed by atoms with van der Waals surface area (Å²) in [7, 11) is 1.66. The van der Waals surface area contributed by atoms with Crippen molar-refractivity contribution < 1.29 is 4.74 Å². The first-order valence-corrected chi connectivity index (χ1v) is 8.42. The average molecular weight is 366 g/mol. The van der Waals surface area contributed by atoms with Gasteiger partial charge in [0.2, 0.25) is 0 Å². The topological polar surface area (TPSA) is 9.23 Å². The molecule has 4 heteroatoms. The molecule has 0 saturated heterocycles. The summed E-state index contributed by atoms with van der Waals surface area (Å²) >= 11 is 18.8. The molecule has 2 aromatic carbocycles. The zero-order valence-corrected chi connectivity index (χ0v) is 14.8. The summed E-state index contributed by atoms with van der Waals surface area (Å²) in [5, 5.41) is 1.84. The third-order valence-electron chi connectivity index (χ3n) is 3.91. The van der Waals surface area contributed by atoms with Crippen molar-refractivity contribution in [2.75, 3.05) is 7.11 Å². The molecule has 0 spiro atoms. The molecule has 2 aromatic rings. The van der Waals surface area contributed by atoms with E-state index in [0.717, 1.165) is 45.9 Å². The van der Waals surface area contributed by atoms with Crippen LogP contribution in [0.5, 0.6) is 5.75 Å². The van der Waals surface area contributed by atoms with Crippen molar-refractivity contribution in [3.63, 3.8) is 0 Å². The van der Waals surface area contributed by atoms with Gasteiger partial charge >= 0.3 is 0 Å². The number of ether oxygens (including phenoxy) is 1. The molecule has 0 amide bonds. The van der Waals surface area contributed by atoms with Crippen LogP contribution in [-0.2, 0) is 0 Å². The highest BCUT2D eigenvalue weighted by Gasteiger charge is 2.18. The minimum atomic E-state index is 0.533. The Morgan fingerprint density at radius 1 is 0.870 bits per heavy atom. The van der Waals surface area contributed by atoms with Crippen molar-refractivity contribution in [2.24, 2.45) is 0 Å². The smallest absolute Gasteiger partial charge is 0.118 e. The van der Waals surface area contributed by atoms with E-state index in [4.69, 9.17) is 39.5 Å². The molecule has 1 aliphatic rings. The monoisotopic (exact) mass is 364 g/mol. The second-order valence-corrected chi connectivity index (χ2v) is 6.50. The number of benzene rings is 2. The zero-order chi connectivity index (χ0) is 16.4. The minimum Gasteiger partial charge on any atom is -0.497 e. The Kier molecular flexibility index (Phi) is 5.01. The van der Waals surface area contributed by atoms with Crippen molar-refractivity contribution >= 4 is 45.9 Å². The molecule has 118 valence electrons. The molecule has 0 aliphatic heterocycles. The fourth-order valence-corrected chi connectivity index (χ4v) is 3.38. The number of allylic oxidation sites excluding steroid dienone is 4. The zero-order valence-electron chi connectivity index (χ0n) is 12.6. The first kappa shape index (κ1) is 16.4. The van der Waals surface area contributed by atoms with Crippen LogP contribution in [0.25, 0.3) is 11.1 Å². The number of methoxy groups -OCH3 is 1. The van der Waals surface area contributed by atoms with Crippen LogP contribution in [0.15, 0.2) is 53.6 Å². The van der Waals surface area contributed by atoms with Gasteiger partial charge in [0, 0.05) is 0 Å². The summed E-state index contributed by atoms with van der Waals surface area (Å²) in [5.41, 5.74) is 4.23. The Morgan fingerprint density at radius 3 is 2.22 bits per heavy atom. The molecule has 0 aromatic heterocycles. The third-order valence-corrected chi connectivity index (χ3v) is 5.08. The third kappa shape index (κ3) is 3.42. The lowest BCUT2D eigenvalue weighted by Crippen LogP contribution is -1.97. The van der Waals surface area contributed by atoms with E-state index < -0.39 is 0 Å². The van der Waals surface area contributed by atoms with Gasteiger partial charge in [-0.25, -0.2) is 0 Å². The second-order valence-electron chi connectivity index (χ2n) is 5.31. The SMILES string of the molecule is COc1ccc(C2=C(Cl)C(c3ccc(Cl)c(Cl)c3)=CCC2)cc1. The number of halogens is 3. The summed E-state index contributed by atoms with van der Waals surface area (Å²) in [5.74, 6) is 0.835. The predicted octanol–water partition coefficient (Wildman–Crippen LogP) is 6.83. The number of rotatable bonds is 3. The normalized spacial score (nSPS) is 14.7. The lowest BCUT2D eigenvalue weighted by atomic mass is 9.90. The lowest BCUT2D eigenvalue weighted by molar-refractivity contribution is 0.415. The van der Waals surface area contributed by atoms with Crippen LogP contribution in [0.3, 0.4) is 0 Å². The quantitative estimate of drug-likeness (QED) is 0.579. The van der Waals surface area contributed by atoms with Gasteiger partial charge in [0.1, 0.15) is 5.75 Å². The lowest BCUT2D eigenvalue weighted by Gasteiger charge is -2.19. The van der Waals surface area contributed by atoms with Crippen LogP contribution in [-0.4, -0.2) is 7.11 Å². The van der Waals surface area contributed by atoms with E-state index in [9.17, 15) is 0 Å². The van der Waals surface area contributed by atoms with Gasteiger partial charge < -0.3 is 4.74 Å². The molecule has 0 saturated carbocycles. The van der Waals surface area contributed by atoms with Crippen LogP contribution < -0.4 is 4.74 Å². The molecular weight excluding hydrogens is 351 g/mol. The molecule has 0 heterocycles. The van der Waals surface area contributed by atoms with Crippen molar-refractivity contribution in [3.05, 3.63) is 74.7 Å². The largest absolute Gasteiger partial charge is 0.497 e. The predicted molar refractivity (Wildman–Crippen MR) is 99.4 cm³/mol. The molecule has 0 unspecified atom stereocenters. The summed E-state index contributed by atoms with van der Waals surface area (Å²) in [6.45, 7) is 0. The van der Waals surface area contributed by atoms with E-state index in [-0.39, 0.29) is 0 Å². The van der Waals surface area contributed by atoms with Crippen LogP contribution in [0, 0.1) is 0 Å². The molecule has 1 aliphatic carbocycles. The van der Waals surface area contributed by atoms with E-state index in [0.29, 0.717) is 10.0 Å².